The molecule has 0 bridgehead atoms. The minimum atomic E-state index is -0.292. The Balaban J connectivity index is 1.57. The SMILES string of the molecule is O=C(CCNC(=O)c1ccco1)NCC1CCCNC1. The molecule has 0 radical (unpaired) electrons. The average molecular weight is 279 g/mol. The summed E-state index contributed by atoms with van der Waals surface area (Å²) in [7, 11) is 0. The minimum Gasteiger partial charge on any atom is -0.459 e. The fourth-order valence-corrected chi connectivity index (χ4v) is 2.23. The van der Waals surface area contributed by atoms with E-state index in [9.17, 15) is 9.59 Å². The zero-order valence-corrected chi connectivity index (χ0v) is 11.5. The van der Waals surface area contributed by atoms with E-state index >= 15 is 0 Å². The highest BCUT2D eigenvalue weighted by Crippen LogP contribution is 2.08. The number of furan rings is 1. The van der Waals surface area contributed by atoms with Crippen LogP contribution in [-0.2, 0) is 4.79 Å². The van der Waals surface area contributed by atoms with E-state index in [1.807, 2.05) is 0 Å². The normalized spacial score (nSPS) is 18.5. The summed E-state index contributed by atoms with van der Waals surface area (Å²) in [5.41, 5.74) is 0. The summed E-state index contributed by atoms with van der Waals surface area (Å²) in [5.74, 6) is 0.457. The lowest BCUT2D eigenvalue weighted by molar-refractivity contribution is -0.121. The van der Waals surface area contributed by atoms with Crippen LogP contribution in [-0.4, -0.2) is 38.0 Å². The van der Waals surface area contributed by atoms with Crippen LogP contribution < -0.4 is 16.0 Å². The molecular weight excluding hydrogens is 258 g/mol. The lowest BCUT2D eigenvalue weighted by atomic mass is 10.00. The first kappa shape index (κ1) is 14.6. The highest BCUT2D eigenvalue weighted by molar-refractivity contribution is 5.91. The molecule has 1 aromatic heterocycles. The Morgan fingerprint density at radius 1 is 1.40 bits per heavy atom. The van der Waals surface area contributed by atoms with Crippen molar-refractivity contribution in [3.63, 3.8) is 0 Å². The van der Waals surface area contributed by atoms with Gasteiger partial charge in [0.1, 0.15) is 0 Å². The molecule has 20 heavy (non-hydrogen) atoms. The molecule has 0 aliphatic carbocycles. The van der Waals surface area contributed by atoms with Crippen LogP contribution in [0.5, 0.6) is 0 Å². The van der Waals surface area contributed by atoms with E-state index in [2.05, 4.69) is 16.0 Å². The molecule has 3 N–H and O–H groups in total. The number of nitrogens with one attached hydrogen (secondary N) is 3. The summed E-state index contributed by atoms with van der Waals surface area (Å²) >= 11 is 0. The molecule has 1 saturated heterocycles. The predicted octanol–water partition coefficient (Wildman–Crippen LogP) is 0.515. The van der Waals surface area contributed by atoms with Crippen LogP contribution in [0.4, 0.5) is 0 Å². The fourth-order valence-electron chi connectivity index (χ4n) is 2.23. The van der Waals surface area contributed by atoms with Gasteiger partial charge in [-0.15, -0.1) is 0 Å². The average Bonchev–Trinajstić information content (AvgIpc) is 3.00. The van der Waals surface area contributed by atoms with Crippen molar-refractivity contribution in [2.24, 2.45) is 5.92 Å². The monoisotopic (exact) mass is 279 g/mol. The van der Waals surface area contributed by atoms with Crippen molar-refractivity contribution in [2.75, 3.05) is 26.2 Å². The van der Waals surface area contributed by atoms with Crippen molar-refractivity contribution < 1.29 is 14.0 Å². The molecule has 1 fully saturated rings. The van der Waals surface area contributed by atoms with Crippen molar-refractivity contribution in [1.82, 2.24) is 16.0 Å². The van der Waals surface area contributed by atoms with Gasteiger partial charge in [-0.2, -0.15) is 0 Å². The molecule has 1 unspecified atom stereocenters. The molecule has 1 atom stereocenters. The van der Waals surface area contributed by atoms with Crippen LogP contribution in [0, 0.1) is 5.92 Å². The molecule has 110 valence electrons. The van der Waals surface area contributed by atoms with Gasteiger partial charge in [-0.3, -0.25) is 9.59 Å². The molecule has 2 rings (SSSR count). The number of hydrogen-bond acceptors (Lipinski definition) is 4. The third kappa shape index (κ3) is 4.70. The van der Waals surface area contributed by atoms with Crippen molar-refractivity contribution >= 4 is 11.8 Å². The zero-order valence-electron chi connectivity index (χ0n) is 11.5. The van der Waals surface area contributed by atoms with E-state index in [0.29, 0.717) is 19.0 Å². The van der Waals surface area contributed by atoms with Crippen molar-refractivity contribution in [3.05, 3.63) is 24.2 Å². The zero-order chi connectivity index (χ0) is 14.2. The van der Waals surface area contributed by atoms with Crippen LogP contribution in [0.3, 0.4) is 0 Å². The number of carbonyl (C=O) groups is 2. The Morgan fingerprint density at radius 3 is 3.00 bits per heavy atom. The number of rotatable bonds is 6. The van der Waals surface area contributed by atoms with Gasteiger partial charge in [-0.25, -0.2) is 0 Å². The molecule has 2 amide bonds. The molecule has 1 aromatic rings. The lowest BCUT2D eigenvalue weighted by Crippen LogP contribution is -2.39. The van der Waals surface area contributed by atoms with Crippen LogP contribution in [0.1, 0.15) is 29.8 Å². The van der Waals surface area contributed by atoms with Crippen molar-refractivity contribution in [3.8, 4) is 0 Å². The number of amides is 2. The number of piperidine rings is 1. The van der Waals surface area contributed by atoms with Gasteiger partial charge in [0, 0.05) is 19.5 Å². The first-order valence-electron chi connectivity index (χ1n) is 7.05. The predicted molar refractivity (Wildman–Crippen MR) is 74.3 cm³/mol. The highest BCUT2D eigenvalue weighted by atomic mass is 16.3. The molecular formula is C14H21N3O3. The van der Waals surface area contributed by atoms with Crippen molar-refractivity contribution in [1.29, 1.82) is 0 Å². The molecule has 2 heterocycles. The van der Waals surface area contributed by atoms with E-state index in [4.69, 9.17) is 4.42 Å². The number of carbonyl (C=O) groups excluding carboxylic acids is 2. The fraction of sp³-hybridized carbons (Fsp3) is 0.571. The quantitative estimate of drug-likeness (QED) is 0.708. The second-order valence-electron chi connectivity index (χ2n) is 5.00. The molecule has 0 aromatic carbocycles. The molecule has 0 spiro atoms. The first-order chi connectivity index (χ1) is 9.75. The summed E-state index contributed by atoms with van der Waals surface area (Å²) in [6, 6.07) is 3.24. The number of hydrogen-bond donors (Lipinski definition) is 3. The van der Waals surface area contributed by atoms with E-state index in [0.717, 1.165) is 19.5 Å². The van der Waals surface area contributed by atoms with Gasteiger partial charge in [0.15, 0.2) is 5.76 Å². The maximum absolute atomic E-state index is 11.6. The Kier molecular flexibility index (Phi) is 5.61. The third-order valence-corrected chi connectivity index (χ3v) is 3.37. The van der Waals surface area contributed by atoms with E-state index in [1.54, 1.807) is 12.1 Å². The van der Waals surface area contributed by atoms with Gasteiger partial charge in [-0.1, -0.05) is 0 Å². The summed E-state index contributed by atoms with van der Waals surface area (Å²) in [6.07, 6.45) is 4.05. The van der Waals surface area contributed by atoms with E-state index in [-0.39, 0.29) is 24.0 Å². The van der Waals surface area contributed by atoms with E-state index < -0.39 is 0 Å². The highest BCUT2D eigenvalue weighted by Gasteiger charge is 2.14. The van der Waals surface area contributed by atoms with Gasteiger partial charge >= 0.3 is 0 Å². The second-order valence-corrected chi connectivity index (χ2v) is 5.00. The molecule has 0 saturated carbocycles. The third-order valence-electron chi connectivity index (χ3n) is 3.37. The maximum Gasteiger partial charge on any atom is 0.286 e. The largest absolute Gasteiger partial charge is 0.459 e. The standard InChI is InChI=1S/C14H21N3O3/c18-13(17-10-11-3-1-6-15-9-11)5-7-16-14(19)12-4-2-8-20-12/h2,4,8,11,15H,1,3,5-7,9-10H2,(H,16,19)(H,17,18). The Hall–Kier alpha value is -1.82. The molecule has 1 aliphatic rings. The van der Waals surface area contributed by atoms with Crippen LogP contribution in [0.25, 0.3) is 0 Å². The van der Waals surface area contributed by atoms with Crippen LogP contribution in [0.2, 0.25) is 0 Å². The van der Waals surface area contributed by atoms with Gasteiger partial charge in [0.25, 0.3) is 5.91 Å². The Morgan fingerprint density at radius 2 is 2.30 bits per heavy atom. The van der Waals surface area contributed by atoms with Gasteiger partial charge in [0.2, 0.25) is 5.91 Å². The van der Waals surface area contributed by atoms with E-state index in [1.165, 1.54) is 12.7 Å². The summed E-state index contributed by atoms with van der Waals surface area (Å²) in [4.78, 5) is 23.2. The summed E-state index contributed by atoms with van der Waals surface area (Å²) in [6.45, 7) is 3.06. The van der Waals surface area contributed by atoms with Crippen LogP contribution >= 0.6 is 0 Å². The second kappa shape index (κ2) is 7.69. The minimum absolute atomic E-state index is 0.0321. The Labute approximate surface area is 118 Å². The lowest BCUT2D eigenvalue weighted by Gasteiger charge is -2.22. The topological polar surface area (TPSA) is 83.4 Å². The summed E-state index contributed by atoms with van der Waals surface area (Å²) in [5, 5.41) is 8.87. The molecule has 6 heteroatoms. The van der Waals surface area contributed by atoms with Crippen LogP contribution in [0.15, 0.2) is 22.8 Å². The summed E-state index contributed by atoms with van der Waals surface area (Å²) < 4.78 is 4.96. The van der Waals surface area contributed by atoms with Crippen molar-refractivity contribution in [2.45, 2.75) is 19.3 Å². The first-order valence-corrected chi connectivity index (χ1v) is 7.05. The molecule has 1 aliphatic heterocycles. The Bertz CT molecular complexity index is 425. The maximum atomic E-state index is 11.6. The van der Waals surface area contributed by atoms with Gasteiger partial charge < -0.3 is 20.4 Å². The van der Waals surface area contributed by atoms with Gasteiger partial charge in [0.05, 0.1) is 6.26 Å². The molecule has 6 nitrogen and oxygen atoms in total. The smallest absolute Gasteiger partial charge is 0.286 e. The van der Waals surface area contributed by atoms with Gasteiger partial charge in [-0.05, 0) is 44.0 Å².